The van der Waals surface area contributed by atoms with Gasteiger partial charge in [-0.1, -0.05) is 36.8 Å². The molecule has 2 aliphatic rings. The van der Waals surface area contributed by atoms with Gasteiger partial charge in [0.1, 0.15) is 0 Å². The third kappa shape index (κ3) is 4.09. The van der Waals surface area contributed by atoms with E-state index in [4.69, 9.17) is 0 Å². The van der Waals surface area contributed by atoms with Gasteiger partial charge in [0, 0.05) is 32.6 Å². The standard InChI is InChI=1S/C21H31N3O2/c1-21-14-17(13-16-9-5-4-6-10-16)24(15-20(26)23(2)3)18(21)11-7-8-12-19(25)22-21/h4-6,9-10,17-18H,7-8,11-15H2,1-3H3,(H,22,25)/t17-,18+,21+/m1/s1. The number of fused-ring (bicyclic) bond motifs is 1. The van der Waals surface area contributed by atoms with E-state index in [1.54, 1.807) is 4.90 Å². The Labute approximate surface area is 156 Å². The van der Waals surface area contributed by atoms with Crippen LogP contribution in [0, 0.1) is 0 Å². The molecule has 3 rings (SSSR count). The molecule has 2 fully saturated rings. The molecule has 0 saturated carbocycles. The molecule has 0 aromatic heterocycles. The van der Waals surface area contributed by atoms with Crippen LogP contribution in [0.15, 0.2) is 30.3 Å². The van der Waals surface area contributed by atoms with Gasteiger partial charge in [-0.2, -0.15) is 0 Å². The molecule has 26 heavy (non-hydrogen) atoms. The van der Waals surface area contributed by atoms with Crippen LogP contribution in [-0.4, -0.2) is 59.9 Å². The Bertz CT molecular complexity index is 646. The van der Waals surface area contributed by atoms with E-state index in [-0.39, 0.29) is 29.4 Å². The molecule has 1 aromatic carbocycles. The molecule has 2 heterocycles. The maximum absolute atomic E-state index is 12.5. The van der Waals surface area contributed by atoms with Crippen LogP contribution in [0.4, 0.5) is 0 Å². The summed E-state index contributed by atoms with van der Waals surface area (Å²) >= 11 is 0. The van der Waals surface area contributed by atoms with Gasteiger partial charge in [0.15, 0.2) is 0 Å². The Morgan fingerprint density at radius 3 is 2.69 bits per heavy atom. The average molecular weight is 357 g/mol. The van der Waals surface area contributed by atoms with Gasteiger partial charge >= 0.3 is 0 Å². The first-order valence-electron chi connectivity index (χ1n) is 9.70. The number of rotatable bonds is 4. The predicted molar refractivity (Wildman–Crippen MR) is 103 cm³/mol. The van der Waals surface area contributed by atoms with Gasteiger partial charge in [-0.25, -0.2) is 0 Å². The highest BCUT2D eigenvalue weighted by molar-refractivity contribution is 5.78. The summed E-state index contributed by atoms with van der Waals surface area (Å²) in [5.74, 6) is 0.275. The fourth-order valence-electron chi connectivity index (χ4n) is 4.60. The highest BCUT2D eigenvalue weighted by Gasteiger charge is 2.50. The number of hydrogen-bond acceptors (Lipinski definition) is 3. The Kier molecular flexibility index (Phi) is 5.66. The smallest absolute Gasteiger partial charge is 0.236 e. The molecule has 1 N–H and O–H groups in total. The van der Waals surface area contributed by atoms with E-state index in [0.29, 0.717) is 13.0 Å². The van der Waals surface area contributed by atoms with Crippen LogP contribution in [0.25, 0.3) is 0 Å². The highest BCUT2D eigenvalue weighted by Crippen LogP contribution is 2.38. The number of likely N-dealkylation sites (N-methyl/N-ethyl adjacent to an activating group) is 1. The fraction of sp³-hybridized carbons (Fsp3) is 0.619. The van der Waals surface area contributed by atoms with E-state index in [2.05, 4.69) is 41.4 Å². The van der Waals surface area contributed by atoms with Crippen LogP contribution in [0.1, 0.15) is 44.6 Å². The average Bonchev–Trinajstić information content (AvgIpc) is 2.81. The van der Waals surface area contributed by atoms with Gasteiger partial charge in [0.2, 0.25) is 11.8 Å². The molecule has 142 valence electrons. The van der Waals surface area contributed by atoms with Crippen molar-refractivity contribution in [2.24, 2.45) is 0 Å². The lowest BCUT2D eigenvalue weighted by Gasteiger charge is -2.38. The van der Waals surface area contributed by atoms with Crippen molar-refractivity contribution in [1.82, 2.24) is 15.1 Å². The van der Waals surface area contributed by atoms with Crippen molar-refractivity contribution in [3.63, 3.8) is 0 Å². The molecule has 0 aliphatic carbocycles. The van der Waals surface area contributed by atoms with Crippen molar-refractivity contribution in [3.05, 3.63) is 35.9 Å². The third-order valence-electron chi connectivity index (χ3n) is 5.95. The minimum Gasteiger partial charge on any atom is -0.349 e. The Morgan fingerprint density at radius 2 is 2.00 bits per heavy atom. The Balaban J connectivity index is 1.87. The molecule has 2 aliphatic heterocycles. The summed E-state index contributed by atoms with van der Waals surface area (Å²) < 4.78 is 0. The summed E-state index contributed by atoms with van der Waals surface area (Å²) in [7, 11) is 3.62. The second kappa shape index (κ2) is 7.78. The quantitative estimate of drug-likeness (QED) is 0.899. The first-order chi connectivity index (χ1) is 12.4. The summed E-state index contributed by atoms with van der Waals surface area (Å²) in [6.45, 7) is 2.58. The molecule has 1 aromatic rings. The molecule has 5 heteroatoms. The van der Waals surface area contributed by atoms with Crippen molar-refractivity contribution >= 4 is 11.8 Å². The Morgan fingerprint density at radius 1 is 1.27 bits per heavy atom. The lowest BCUT2D eigenvalue weighted by atomic mass is 9.85. The zero-order valence-corrected chi connectivity index (χ0v) is 16.2. The molecule has 2 saturated heterocycles. The van der Waals surface area contributed by atoms with Crippen LogP contribution in [0.2, 0.25) is 0 Å². The number of nitrogens with one attached hydrogen (secondary N) is 1. The molecular weight excluding hydrogens is 326 g/mol. The van der Waals surface area contributed by atoms with Gasteiger partial charge < -0.3 is 10.2 Å². The van der Waals surface area contributed by atoms with Crippen molar-refractivity contribution in [2.45, 2.75) is 63.1 Å². The molecule has 0 spiro atoms. The summed E-state index contributed by atoms with van der Waals surface area (Å²) in [5, 5.41) is 3.30. The molecule has 5 nitrogen and oxygen atoms in total. The molecule has 0 radical (unpaired) electrons. The molecule has 3 atom stereocenters. The second-order valence-electron chi connectivity index (χ2n) is 8.24. The first-order valence-corrected chi connectivity index (χ1v) is 9.70. The van der Waals surface area contributed by atoms with Gasteiger partial charge in [-0.05, 0) is 38.2 Å². The zero-order valence-electron chi connectivity index (χ0n) is 16.2. The lowest BCUT2D eigenvalue weighted by molar-refractivity contribution is -0.130. The molecular formula is C21H31N3O2. The van der Waals surface area contributed by atoms with Gasteiger partial charge in [-0.3, -0.25) is 14.5 Å². The van der Waals surface area contributed by atoms with E-state index in [9.17, 15) is 9.59 Å². The topological polar surface area (TPSA) is 52.7 Å². The summed E-state index contributed by atoms with van der Waals surface area (Å²) in [4.78, 5) is 28.8. The van der Waals surface area contributed by atoms with Crippen molar-refractivity contribution in [2.75, 3.05) is 20.6 Å². The largest absolute Gasteiger partial charge is 0.349 e. The third-order valence-corrected chi connectivity index (χ3v) is 5.95. The molecule has 0 bridgehead atoms. The van der Waals surface area contributed by atoms with E-state index in [1.807, 2.05) is 20.2 Å². The van der Waals surface area contributed by atoms with Crippen LogP contribution < -0.4 is 5.32 Å². The van der Waals surface area contributed by atoms with Gasteiger partial charge in [0.05, 0.1) is 12.1 Å². The highest BCUT2D eigenvalue weighted by atomic mass is 16.2. The lowest BCUT2D eigenvalue weighted by Crippen LogP contribution is -2.56. The van der Waals surface area contributed by atoms with E-state index in [1.165, 1.54) is 5.56 Å². The number of amides is 2. The van der Waals surface area contributed by atoms with Crippen LogP contribution in [0.5, 0.6) is 0 Å². The normalized spacial score (nSPS) is 29.4. The summed E-state index contributed by atoms with van der Waals surface area (Å²) in [5.41, 5.74) is 1.02. The van der Waals surface area contributed by atoms with Gasteiger partial charge in [0.25, 0.3) is 0 Å². The monoisotopic (exact) mass is 357 g/mol. The Hall–Kier alpha value is -1.88. The van der Waals surface area contributed by atoms with Crippen molar-refractivity contribution < 1.29 is 9.59 Å². The van der Waals surface area contributed by atoms with Crippen molar-refractivity contribution in [3.8, 4) is 0 Å². The van der Waals surface area contributed by atoms with E-state index < -0.39 is 0 Å². The number of benzene rings is 1. The fourth-order valence-corrected chi connectivity index (χ4v) is 4.60. The maximum atomic E-state index is 12.5. The number of likely N-dealkylation sites (tertiary alicyclic amines) is 1. The number of hydrogen-bond donors (Lipinski definition) is 1. The van der Waals surface area contributed by atoms with E-state index in [0.717, 1.165) is 32.1 Å². The predicted octanol–water partition coefficient (Wildman–Crippen LogP) is 2.21. The number of carbonyl (C=O) groups excluding carboxylic acids is 2. The minimum atomic E-state index is -0.260. The minimum absolute atomic E-state index is 0.126. The molecule has 0 unspecified atom stereocenters. The maximum Gasteiger partial charge on any atom is 0.236 e. The van der Waals surface area contributed by atoms with Crippen LogP contribution in [0.3, 0.4) is 0 Å². The number of carbonyl (C=O) groups is 2. The van der Waals surface area contributed by atoms with Crippen LogP contribution >= 0.6 is 0 Å². The zero-order chi connectivity index (χ0) is 18.7. The summed E-state index contributed by atoms with van der Waals surface area (Å²) in [6, 6.07) is 10.9. The van der Waals surface area contributed by atoms with E-state index >= 15 is 0 Å². The summed E-state index contributed by atoms with van der Waals surface area (Å²) in [6.07, 6.45) is 5.41. The molecule has 2 amide bonds. The van der Waals surface area contributed by atoms with Crippen molar-refractivity contribution in [1.29, 1.82) is 0 Å². The first kappa shape index (κ1) is 18.9. The second-order valence-corrected chi connectivity index (χ2v) is 8.24. The number of nitrogens with zero attached hydrogens (tertiary/aromatic N) is 2. The van der Waals surface area contributed by atoms with Gasteiger partial charge in [-0.15, -0.1) is 0 Å². The SMILES string of the molecule is CN(C)C(=O)CN1[C@H](Cc2ccccc2)C[C@]2(C)NC(=O)CCCC[C@H]12. The van der Waals surface area contributed by atoms with Crippen LogP contribution in [-0.2, 0) is 16.0 Å².